The monoisotopic (exact) mass is 495 g/mol. The van der Waals surface area contributed by atoms with Gasteiger partial charge in [-0.2, -0.15) is 5.10 Å². The maximum atomic E-state index is 13.6. The third-order valence-corrected chi connectivity index (χ3v) is 6.81. The third-order valence-electron chi connectivity index (χ3n) is 6.81. The highest BCUT2D eigenvalue weighted by Crippen LogP contribution is 2.33. The second-order valence-electron chi connectivity index (χ2n) is 9.43. The molecule has 9 heteroatoms. The molecule has 3 amide bonds. The van der Waals surface area contributed by atoms with Crippen molar-refractivity contribution in [1.29, 1.82) is 0 Å². The molecular formula is C27H37N5O4. The lowest BCUT2D eigenvalue weighted by atomic mass is 9.99. The number of rotatable bonds is 9. The molecule has 1 aromatic carbocycles. The van der Waals surface area contributed by atoms with E-state index < -0.39 is 0 Å². The predicted molar refractivity (Wildman–Crippen MR) is 138 cm³/mol. The van der Waals surface area contributed by atoms with Crippen molar-refractivity contribution in [2.24, 2.45) is 5.10 Å². The molecule has 2 aliphatic rings. The Hall–Kier alpha value is -3.17. The van der Waals surface area contributed by atoms with Gasteiger partial charge in [-0.1, -0.05) is 19.1 Å². The van der Waals surface area contributed by atoms with E-state index in [-0.39, 0.29) is 24.5 Å². The summed E-state index contributed by atoms with van der Waals surface area (Å²) in [6, 6.07) is 9.34. The van der Waals surface area contributed by atoms with Crippen LogP contribution in [0.5, 0.6) is 0 Å². The number of nitrogens with one attached hydrogen (secondary N) is 1. The zero-order valence-electron chi connectivity index (χ0n) is 21.5. The molecule has 4 rings (SSSR count). The van der Waals surface area contributed by atoms with Gasteiger partial charge in [0.1, 0.15) is 18.3 Å². The Balaban J connectivity index is 1.52. The van der Waals surface area contributed by atoms with E-state index in [1.807, 2.05) is 25.1 Å². The Bertz CT molecular complexity index is 1060. The summed E-state index contributed by atoms with van der Waals surface area (Å²) in [4.78, 5) is 30.4. The fourth-order valence-electron chi connectivity index (χ4n) is 4.46. The predicted octanol–water partition coefficient (Wildman–Crippen LogP) is 3.33. The second kappa shape index (κ2) is 12.2. The number of ether oxygens (including phenoxy) is 1. The molecule has 3 heterocycles. The maximum absolute atomic E-state index is 13.6. The first-order valence-electron chi connectivity index (χ1n) is 12.8. The summed E-state index contributed by atoms with van der Waals surface area (Å²) in [6.07, 6.45) is 2.99. The highest BCUT2D eigenvalue weighted by atomic mass is 16.5. The van der Waals surface area contributed by atoms with Crippen LogP contribution in [-0.4, -0.2) is 84.9 Å². The first kappa shape index (κ1) is 25.9. The summed E-state index contributed by atoms with van der Waals surface area (Å²) < 4.78 is 11.1. The molecule has 0 aliphatic carbocycles. The van der Waals surface area contributed by atoms with Gasteiger partial charge in [0, 0.05) is 39.1 Å². The van der Waals surface area contributed by atoms with Gasteiger partial charge in [-0.15, -0.1) is 0 Å². The molecule has 1 atom stereocenters. The largest absolute Gasteiger partial charge is 0.467 e. The lowest BCUT2D eigenvalue weighted by molar-refractivity contribution is -0.134. The lowest BCUT2D eigenvalue weighted by Crippen LogP contribution is -2.49. The Morgan fingerprint density at radius 1 is 1.17 bits per heavy atom. The van der Waals surface area contributed by atoms with Crippen molar-refractivity contribution in [3.63, 3.8) is 0 Å². The summed E-state index contributed by atoms with van der Waals surface area (Å²) in [5.41, 5.74) is 4.22. The van der Waals surface area contributed by atoms with Gasteiger partial charge in [0.15, 0.2) is 0 Å². The zero-order valence-corrected chi connectivity index (χ0v) is 21.5. The van der Waals surface area contributed by atoms with Crippen molar-refractivity contribution in [2.75, 3.05) is 52.5 Å². The number of amides is 3. The number of benzene rings is 1. The third kappa shape index (κ3) is 6.33. The van der Waals surface area contributed by atoms with Crippen LogP contribution < -0.4 is 5.32 Å². The van der Waals surface area contributed by atoms with E-state index in [9.17, 15) is 9.59 Å². The number of carbonyl (C=O) groups is 2. The van der Waals surface area contributed by atoms with Gasteiger partial charge in [-0.25, -0.2) is 9.80 Å². The SMILES string of the molecule is CCCNC(=O)N(CCN1CCOCC1)CC(=O)N1N=C(c2ccc(C)c(C)c2)CC1c1ccco1. The standard InChI is InChI=1S/C27H37N5O4/c1-4-9-28-27(34)31(11-10-30-12-15-35-16-13-30)19-26(33)32-24(25-6-5-14-36-25)18-23(29-32)22-8-7-20(2)21(3)17-22/h5-8,14,17,24H,4,9-13,15-16,18-19H2,1-3H3,(H,28,34). The quantitative estimate of drug-likeness (QED) is 0.576. The van der Waals surface area contributed by atoms with Crippen LogP contribution in [0.2, 0.25) is 0 Å². The van der Waals surface area contributed by atoms with Crippen LogP contribution in [-0.2, 0) is 9.53 Å². The van der Waals surface area contributed by atoms with Crippen LogP contribution in [0.15, 0.2) is 46.1 Å². The van der Waals surface area contributed by atoms with Gasteiger partial charge in [-0.3, -0.25) is 9.69 Å². The van der Waals surface area contributed by atoms with Crippen molar-refractivity contribution in [3.05, 3.63) is 59.0 Å². The van der Waals surface area contributed by atoms with Crippen LogP contribution >= 0.6 is 0 Å². The van der Waals surface area contributed by atoms with E-state index >= 15 is 0 Å². The van der Waals surface area contributed by atoms with Crippen molar-refractivity contribution in [1.82, 2.24) is 20.1 Å². The molecule has 9 nitrogen and oxygen atoms in total. The molecular weight excluding hydrogens is 458 g/mol. The van der Waals surface area contributed by atoms with Gasteiger partial charge in [0.05, 0.1) is 25.2 Å². The number of hydrogen-bond acceptors (Lipinski definition) is 6. The number of nitrogens with zero attached hydrogens (tertiary/aromatic N) is 4. The molecule has 1 saturated heterocycles. The molecule has 194 valence electrons. The summed E-state index contributed by atoms with van der Waals surface area (Å²) in [5, 5.41) is 9.16. The van der Waals surface area contributed by atoms with Gasteiger partial charge in [0.2, 0.25) is 0 Å². The number of hydrazone groups is 1. The summed E-state index contributed by atoms with van der Waals surface area (Å²) in [6.45, 7) is 10.8. The Morgan fingerprint density at radius 2 is 1.97 bits per heavy atom. The van der Waals surface area contributed by atoms with E-state index in [1.165, 1.54) is 16.1 Å². The molecule has 2 aromatic rings. The topological polar surface area (TPSA) is 90.6 Å². The first-order chi connectivity index (χ1) is 17.5. The average Bonchev–Trinajstić information content (AvgIpc) is 3.57. The fraction of sp³-hybridized carbons (Fsp3) is 0.519. The van der Waals surface area contributed by atoms with E-state index in [4.69, 9.17) is 14.3 Å². The van der Waals surface area contributed by atoms with Crippen LogP contribution in [0.3, 0.4) is 0 Å². The van der Waals surface area contributed by atoms with E-state index in [0.29, 0.717) is 45.0 Å². The summed E-state index contributed by atoms with van der Waals surface area (Å²) in [7, 11) is 0. The van der Waals surface area contributed by atoms with Crippen molar-refractivity contribution < 1.29 is 18.7 Å². The van der Waals surface area contributed by atoms with Gasteiger partial charge in [-0.05, 0) is 55.2 Å². The van der Waals surface area contributed by atoms with Gasteiger partial charge < -0.3 is 19.4 Å². The molecule has 1 unspecified atom stereocenters. The van der Waals surface area contributed by atoms with Crippen LogP contribution in [0.1, 0.15) is 48.3 Å². The number of morpholine rings is 1. The minimum Gasteiger partial charge on any atom is -0.467 e. The van der Waals surface area contributed by atoms with E-state index in [1.54, 1.807) is 11.2 Å². The van der Waals surface area contributed by atoms with Crippen LogP contribution in [0.4, 0.5) is 4.79 Å². The molecule has 0 bridgehead atoms. The zero-order chi connectivity index (χ0) is 25.5. The van der Waals surface area contributed by atoms with Crippen molar-refractivity contribution >= 4 is 17.6 Å². The number of urea groups is 1. The number of furan rings is 1. The average molecular weight is 496 g/mol. The number of carbonyl (C=O) groups excluding carboxylic acids is 2. The molecule has 0 spiro atoms. The summed E-state index contributed by atoms with van der Waals surface area (Å²) >= 11 is 0. The number of hydrogen-bond donors (Lipinski definition) is 1. The highest BCUT2D eigenvalue weighted by Gasteiger charge is 2.36. The van der Waals surface area contributed by atoms with Gasteiger partial charge >= 0.3 is 6.03 Å². The Morgan fingerprint density at radius 3 is 2.67 bits per heavy atom. The minimum absolute atomic E-state index is 0.0548. The number of aryl methyl sites for hydroxylation is 2. The maximum Gasteiger partial charge on any atom is 0.317 e. The molecule has 0 radical (unpaired) electrons. The normalized spacial score (nSPS) is 18.2. The highest BCUT2D eigenvalue weighted by molar-refractivity contribution is 6.03. The lowest BCUT2D eigenvalue weighted by Gasteiger charge is -2.30. The van der Waals surface area contributed by atoms with Crippen molar-refractivity contribution in [2.45, 2.75) is 39.7 Å². The first-order valence-corrected chi connectivity index (χ1v) is 12.8. The molecule has 0 saturated carbocycles. The van der Waals surface area contributed by atoms with Crippen LogP contribution in [0, 0.1) is 13.8 Å². The Kier molecular flexibility index (Phi) is 8.77. The van der Waals surface area contributed by atoms with Gasteiger partial charge in [0.25, 0.3) is 5.91 Å². The van der Waals surface area contributed by atoms with Crippen LogP contribution in [0.25, 0.3) is 0 Å². The molecule has 36 heavy (non-hydrogen) atoms. The fourth-order valence-corrected chi connectivity index (χ4v) is 4.46. The molecule has 1 fully saturated rings. The van der Waals surface area contributed by atoms with E-state index in [0.717, 1.165) is 30.8 Å². The minimum atomic E-state index is -0.344. The molecule has 2 aliphatic heterocycles. The summed E-state index contributed by atoms with van der Waals surface area (Å²) in [5.74, 6) is 0.449. The smallest absolute Gasteiger partial charge is 0.317 e. The molecule has 1 N–H and O–H groups in total. The second-order valence-corrected chi connectivity index (χ2v) is 9.43. The molecule has 1 aromatic heterocycles. The van der Waals surface area contributed by atoms with Crippen molar-refractivity contribution in [3.8, 4) is 0 Å². The Labute approximate surface area is 213 Å². The van der Waals surface area contributed by atoms with E-state index in [2.05, 4.69) is 36.2 Å².